The molecule has 0 spiro atoms. The number of aliphatic carboxylic acids is 1. The first-order chi connectivity index (χ1) is 10.8. The number of carboxylic acids is 1. The summed E-state index contributed by atoms with van der Waals surface area (Å²) in [5.74, 6) is -1.74. The number of hydrogen-bond donors (Lipinski definition) is 1. The fraction of sp³-hybridized carbons (Fsp3) is 0.533. The Bertz CT molecular complexity index is 739. The number of carbonyl (C=O) groups is 1. The molecule has 0 radical (unpaired) electrons. The summed E-state index contributed by atoms with van der Waals surface area (Å²) in [6, 6.07) is 1.63. The number of sulfonamides is 1. The van der Waals surface area contributed by atoms with Crippen LogP contribution in [0.25, 0.3) is 0 Å². The summed E-state index contributed by atoms with van der Waals surface area (Å²) in [5, 5.41) is 9.23. The van der Waals surface area contributed by atoms with Crippen LogP contribution in [0.15, 0.2) is 23.1 Å². The molecule has 0 amide bonds. The van der Waals surface area contributed by atoms with Crippen LogP contribution in [-0.2, 0) is 14.8 Å². The maximum absolute atomic E-state index is 13.2. The first kappa shape index (κ1) is 16.7. The van der Waals surface area contributed by atoms with E-state index in [2.05, 4.69) is 0 Å². The summed E-state index contributed by atoms with van der Waals surface area (Å²) in [7, 11) is -4.10. The van der Waals surface area contributed by atoms with E-state index in [0.29, 0.717) is 12.8 Å². The lowest BCUT2D eigenvalue weighted by Gasteiger charge is -2.32. The molecule has 1 saturated heterocycles. The third-order valence-electron chi connectivity index (χ3n) is 4.76. The zero-order chi connectivity index (χ0) is 16.8. The highest BCUT2D eigenvalue weighted by Gasteiger charge is 2.51. The molecule has 3 rings (SSSR count). The van der Waals surface area contributed by atoms with Crippen molar-refractivity contribution in [1.29, 1.82) is 0 Å². The Hall–Kier alpha value is -1.18. The van der Waals surface area contributed by atoms with Crippen LogP contribution >= 0.6 is 11.6 Å². The highest BCUT2D eigenvalue weighted by molar-refractivity contribution is 7.89. The van der Waals surface area contributed by atoms with Gasteiger partial charge in [0.1, 0.15) is 16.8 Å². The van der Waals surface area contributed by atoms with Gasteiger partial charge in [-0.2, -0.15) is 4.31 Å². The van der Waals surface area contributed by atoms with Gasteiger partial charge < -0.3 is 5.11 Å². The Morgan fingerprint density at radius 2 is 2.00 bits per heavy atom. The standard InChI is InChI=1S/C15H17ClFNO4S/c16-11-8-10(17)5-6-14(11)23(21,22)18-12-4-2-1-3-9(12)7-13(18)15(19)20/h5-6,8-9,12-13H,1-4,7H2,(H,19,20). The minimum absolute atomic E-state index is 0.0545. The number of carboxylic acid groups (broad SMARTS) is 1. The summed E-state index contributed by atoms with van der Waals surface area (Å²) in [5.41, 5.74) is 0. The van der Waals surface area contributed by atoms with E-state index in [9.17, 15) is 22.7 Å². The van der Waals surface area contributed by atoms with Crippen molar-refractivity contribution >= 4 is 27.6 Å². The van der Waals surface area contributed by atoms with E-state index in [0.717, 1.165) is 41.8 Å². The second kappa shape index (κ2) is 6.03. The lowest BCUT2D eigenvalue weighted by Crippen LogP contribution is -2.46. The lowest BCUT2D eigenvalue weighted by molar-refractivity contribution is -0.141. The first-order valence-corrected chi connectivity index (χ1v) is 9.35. The van der Waals surface area contributed by atoms with Gasteiger partial charge in [0.25, 0.3) is 0 Å². The largest absolute Gasteiger partial charge is 0.480 e. The monoisotopic (exact) mass is 361 g/mol. The third kappa shape index (κ3) is 2.86. The smallest absolute Gasteiger partial charge is 0.322 e. The van der Waals surface area contributed by atoms with Gasteiger partial charge >= 0.3 is 5.97 Å². The molecule has 5 nitrogen and oxygen atoms in total. The minimum Gasteiger partial charge on any atom is -0.480 e. The van der Waals surface area contributed by atoms with Gasteiger partial charge in [-0.15, -0.1) is 0 Å². The van der Waals surface area contributed by atoms with Gasteiger partial charge in [-0.25, -0.2) is 12.8 Å². The Morgan fingerprint density at radius 1 is 1.30 bits per heavy atom. The Morgan fingerprint density at radius 3 is 2.65 bits per heavy atom. The van der Waals surface area contributed by atoms with Gasteiger partial charge in [-0.05, 0) is 43.4 Å². The number of halogens is 2. The molecule has 2 aliphatic rings. The van der Waals surface area contributed by atoms with Crippen molar-refractivity contribution in [2.75, 3.05) is 0 Å². The van der Waals surface area contributed by atoms with E-state index >= 15 is 0 Å². The van der Waals surface area contributed by atoms with Crippen molar-refractivity contribution in [3.05, 3.63) is 29.0 Å². The second-order valence-corrected chi connectivity index (χ2v) is 8.33. The van der Waals surface area contributed by atoms with Crippen LogP contribution in [0.2, 0.25) is 5.02 Å². The molecule has 1 saturated carbocycles. The summed E-state index contributed by atoms with van der Waals surface area (Å²) in [4.78, 5) is 11.3. The molecule has 23 heavy (non-hydrogen) atoms. The molecule has 3 unspecified atom stereocenters. The SMILES string of the molecule is O=C(O)C1CC2CCCCC2N1S(=O)(=O)c1ccc(F)cc1Cl. The fourth-order valence-corrected chi connectivity index (χ4v) is 6.15. The van der Waals surface area contributed by atoms with Crippen molar-refractivity contribution in [2.24, 2.45) is 5.92 Å². The van der Waals surface area contributed by atoms with Crippen LogP contribution < -0.4 is 0 Å². The number of benzene rings is 1. The fourth-order valence-electron chi connectivity index (χ4n) is 3.77. The molecule has 1 aromatic rings. The van der Waals surface area contributed by atoms with Crippen molar-refractivity contribution in [1.82, 2.24) is 4.31 Å². The minimum atomic E-state index is -4.10. The third-order valence-corrected chi connectivity index (χ3v) is 7.18. The molecule has 3 atom stereocenters. The number of nitrogens with zero attached hydrogens (tertiary/aromatic N) is 1. The summed E-state index contributed by atoms with van der Waals surface area (Å²) in [6.07, 6.45) is 3.65. The van der Waals surface area contributed by atoms with Crippen molar-refractivity contribution in [3.8, 4) is 0 Å². The summed E-state index contributed by atoms with van der Waals surface area (Å²) < 4.78 is 40.3. The maximum atomic E-state index is 13.2. The molecular formula is C15H17ClFNO4S. The zero-order valence-corrected chi connectivity index (χ0v) is 13.9. The predicted molar refractivity (Wildman–Crippen MR) is 82.2 cm³/mol. The van der Waals surface area contributed by atoms with Crippen LogP contribution in [0.1, 0.15) is 32.1 Å². The topological polar surface area (TPSA) is 74.7 Å². The quantitative estimate of drug-likeness (QED) is 0.898. The lowest BCUT2D eigenvalue weighted by atomic mass is 9.85. The molecule has 1 aliphatic carbocycles. The van der Waals surface area contributed by atoms with E-state index in [-0.39, 0.29) is 21.9 Å². The molecule has 8 heteroatoms. The molecule has 2 fully saturated rings. The highest BCUT2D eigenvalue weighted by atomic mass is 35.5. The van der Waals surface area contributed by atoms with Gasteiger partial charge in [0.2, 0.25) is 10.0 Å². The average molecular weight is 362 g/mol. The molecule has 126 valence electrons. The van der Waals surface area contributed by atoms with Gasteiger partial charge in [0, 0.05) is 6.04 Å². The van der Waals surface area contributed by atoms with Crippen molar-refractivity contribution < 1.29 is 22.7 Å². The van der Waals surface area contributed by atoms with E-state index in [1.807, 2.05) is 0 Å². The molecule has 1 aliphatic heterocycles. The van der Waals surface area contributed by atoms with Crippen molar-refractivity contribution in [2.45, 2.75) is 49.1 Å². The Balaban J connectivity index is 2.06. The van der Waals surface area contributed by atoms with Gasteiger partial charge in [-0.1, -0.05) is 24.4 Å². The predicted octanol–water partition coefficient (Wildman–Crippen LogP) is 2.89. The highest BCUT2D eigenvalue weighted by Crippen LogP contribution is 2.43. The van der Waals surface area contributed by atoms with Crippen LogP contribution in [0.3, 0.4) is 0 Å². The molecular weight excluding hydrogens is 345 g/mol. The summed E-state index contributed by atoms with van der Waals surface area (Å²) >= 11 is 5.90. The number of fused-ring (bicyclic) bond motifs is 1. The molecule has 0 bridgehead atoms. The van der Waals surface area contributed by atoms with Gasteiger partial charge in [0.05, 0.1) is 5.02 Å². The first-order valence-electron chi connectivity index (χ1n) is 7.54. The second-order valence-electron chi connectivity index (χ2n) is 6.11. The molecule has 1 heterocycles. The normalized spacial score (nSPS) is 28.5. The molecule has 0 aromatic heterocycles. The van der Waals surface area contributed by atoms with E-state index in [1.165, 1.54) is 0 Å². The Kier molecular flexibility index (Phi) is 4.37. The van der Waals surface area contributed by atoms with E-state index in [4.69, 9.17) is 11.6 Å². The van der Waals surface area contributed by atoms with E-state index in [1.54, 1.807) is 0 Å². The van der Waals surface area contributed by atoms with Crippen LogP contribution in [0.4, 0.5) is 4.39 Å². The number of rotatable bonds is 3. The average Bonchev–Trinajstić information content (AvgIpc) is 2.87. The van der Waals surface area contributed by atoms with Gasteiger partial charge in [0.15, 0.2) is 0 Å². The zero-order valence-electron chi connectivity index (χ0n) is 12.3. The summed E-state index contributed by atoms with van der Waals surface area (Å²) in [6.45, 7) is 0. The van der Waals surface area contributed by atoms with Crippen LogP contribution in [0.5, 0.6) is 0 Å². The number of hydrogen-bond acceptors (Lipinski definition) is 3. The van der Waals surface area contributed by atoms with Gasteiger partial charge in [-0.3, -0.25) is 4.79 Å². The molecule has 1 aromatic carbocycles. The maximum Gasteiger partial charge on any atom is 0.322 e. The van der Waals surface area contributed by atoms with Crippen LogP contribution in [-0.4, -0.2) is 35.9 Å². The van der Waals surface area contributed by atoms with Crippen LogP contribution in [0, 0.1) is 11.7 Å². The molecule has 1 N–H and O–H groups in total. The van der Waals surface area contributed by atoms with Crippen molar-refractivity contribution in [3.63, 3.8) is 0 Å². The Labute approximate surface area is 139 Å². The van der Waals surface area contributed by atoms with E-state index < -0.39 is 27.9 Å².